The van der Waals surface area contributed by atoms with Gasteiger partial charge in [-0.1, -0.05) is 6.42 Å². The Kier molecular flexibility index (Phi) is 5.28. The maximum absolute atomic E-state index is 12.2. The molecule has 2 N–H and O–H groups in total. The van der Waals surface area contributed by atoms with Gasteiger partial charge >= 0.3 is 5.97 Å². The third-order valence-electron chi connectivity index (χ3n) is 4.83. The van der Waals surface area contributed by atoms with Gasteiger partial charge in [-0.25, -0.2) is 0 Å². The first-order valence-corrected chi connectivity index (χ1v) is 8.20. The second-order valence-electron chi connectivity index (χ2n) is 7.02. The number of hydrogen-bond acceptors (Lipinski definition) is 5. The molecule has 5 nitrogen and oxygen atoms in total. The number of carbonyl (C=O) groups excluding carboxylic acids is 1. The number of esters is 1. The molecular weight excluding hydrogens is 268 g/mol. The lowest BCUT2D eigenvalue weighted by atomic mass is 9.85. The second-order valence-corrected chi connectivity index (χ2v) is 7.02. The van der Waals surface area contributed by atoms with Crippen LogP contribution in [0.3, 0.4) is 0 Å². The molecule has 2 rings (SSSR count). The number of nitrogens with two attached hydrogens (primary N) is 1. The summed E-state index contributed by atoms with van der Waals surface area (Å²) in [5.41, 5.74) is 5.54. The fourth-order valence-electron chi connectivity index (χ4n) is 3.68. The Balaban J connectivity index is 1.88. The van der Waals surface area contributed by atoms with Crippen molar-refractivity contribution in [2.45, 2.75) is 57.6 Å². The number of morpholine rings is 1. The van der Waals surface area contributed by atoms with Crippen LogP contribution in [0.25, 0.3) is 0 Å². The summed E-state index contributed by atoms with van der Waals surface area (Å²) in [5, 5.41) is 0. The van der Waals surface area contributed by atoms with Gasteiger partial charge in [0.25, 0.3) is 0 Å². The van der Waals surface area contributed by atoms with Crippen molar-refractivity contribution in [1.82, 2.24) is 4.90 Å². The average Bonchev–Trinajstić information content (AvgIpc) is 2.78. The topological polar surface area (TPSA) is 64.8 Å². The maximum atomic E-state index is 12.2. The third-order valence-corrected chi connectivity index (χ3v) is 4.83. The molecule has 0 aromatic rings. The van der Waals surface area contributed by atoms with E-state index in [2.05, 4.69) is 18.7 Å². The fraction of sp³-hybridized carbons (Fsp3) is 0.938. The van der Waals surface area contributed by atoms with E-state index in [0.29, 0.717) is 6.61 Å². The van der Waals surface area contributed by atoms with Gasteiger partial charge in [-0.15, -0.1) is 0 Å². The van der Waals surface area contributed by atoms with E-state index in [1.807, 2.05) is 6.92 Å². The van der Waals surface area contributed by atoms with Crippen molar-refractivity contribution in [3.05, 3.63) is 0 Å². The fourth-order valence-corrected chi connectivity index (χ4v) is 3.68. The summed E-state index contributed by atoms with van der Waals surface area (Å²) in [6.45, 7) is 10.2. The summed E-state index contributed by atoms with van der Waals surface area (Å²) in [6, 6.07) is 0. The molecule has 1 saturated heterocycles. The SMILES string of the molecule is CCOC(=O)C1(N)CCCC1CCN1CCOC(C)(C)C1. The zero-order valence-corrected chi connectivity index (χ0v) is 13.7. The molecule has 122 valence electrons. The Labute approximate surface area is 128 Å². The predicted octanol–water partition coefficient (Wildman–Crippen LogP) is 1.55. The van der Waals surface area contributed by atoms with Gasteiger partial charge in [0.05, 0.1) is 18.8 Å². The summed E-state index contributed by atoms with van der Waals surface area (Å²) < 4.78 is 10.9. The van der Waals surface area contributed by atoms with Crippen molar-refractivity contribution in [1.29, 1.82) is 0 Å². The van der Waals surface area contributed by atoms with Crippen molar-refractivity contribution in [3.8, 4) is 0 Å². The van der Waals surface area contributed by atoms with Crippen molar-refractivity contribution < 1.29 is 14.3 Å². The zero-order valence-electron chi connectivity index (χ0n) is 13.7. The molecule has 21 heavy (non-hydrogen) atoms. The summed E-state index contributed by atoms with van der Waals surface area (Å²) in [7, 11) is 0. The minimum Gasteiger partial charge on any atom is -0.465 e. The van der Waals surface area contributed by atoms with E-state index in [1.54, 1.807) is 0 Å². The quantitative estimate of drug-likeness (QED) is 0.780. The highest BCUT2D eigenvalue weighted by atomic mass is 16.5. The van der Waals surface area contributed by atoms with Gasteiger partial charge in [-0.05, 0) is 52.5 Å². The lowest BCUT2D eigenvalue weighted by molar-refractivity contribution is -0.151. The van der Waals surface area contributed by atoms with Crippen LogP contribution in [0.1, 0.15) is 46.5 Å². The van der Waals surface area contributed by atoms with Gasteiger partial charge in [0.2, 0.25) is 0 Å². The zero-order chi connectivity index (χ0) is 15.5. The van der Waals surface area contributed by atoms with Crippen LogP contribution in [0, 0.1) is 5.92 Å². The summed E-state index contributed by atoms with van der Waals surface area (Å²) in [4.78, 5) is 14.6. The highest BCUT2D eigenvalue weighted by molar-refractivity contribution is 5.81. The third kappa shape index (κ3) is 3.96. The van der Waals surface area contributed by atoms with Crippen LogP contribution < -0.4 is 5.73 Å². The monoisotopic (exact) mass is 298 g/mol. The molecule has 2 fully saturated rings. The van der Waals surface area contributed by atoms with Crippen molar-refractivity contribution >= 4 is 5.97 Å². The van der Waals surface area contributed by atoms with Gasteiger partial charge in [-0.3, -0.25) is 9.69 Å². The number of ether oxygens (including phenoxy) is 2. The minimum absolute atomic E-state index is 0.0745. The molecule has 0 radical (unpaired) electrons. The maximum Gasteiger partial charge on any atom is 0.326 e. The van der Waals surface area contributed by atoms with Crippen molar-refractivity contribution in [3.63, 3.8) is 0 Å². The van der Waals surface area contributed by atoms with Gasteiger partial charge in [-0.2, -0.15) is 0 Å². The van der Waals surface area contributed by atoms with E-state index in [-0.39, 0.29) is 17.5 Å². The van der Waals surface area contributed by atoms with Crippen LogP contribution in [-0.2, 0) is 14.3 Å². The van der Waals surface area contributed by atoms with E-state index in [1.165, 1.54) is 0 Å². The molecular formula is C16H30N2O3. The van der Waals surface area contributed by atoms with E-state index in [0.717, 1.165) is 51.9 Å². The van der Waals surface area contributed by atoms with Crippen molar-refractivity contribution in [2.24, 2.45) is 11.7 Å². The number of hydrogen-bond donors (Lipinski definition) is 1. The van der Waals surface area contributed by atoms with Crippen LogP contribution in [-0.4, -0.2) is 54.9 Å². The van der Waals surface area contributed by atoms with E-state index in [9.17, 15) is 4.79 Å². The molecule has 0 bridgehead atoms. The largest absolute Gasteiger partial charge is 0.465 e. The number of nitrogens with zero attached hydrogens (tertiary/aromatic N) is 1. The smallest absolute Gasteiger partial charge is 0.326 e. The summed E-state index contributed by atoms with van der Waals surface area (Å²) in [6.07, 6.45) is 3.77. The molecule has 1 heterocycles. The minimum atomic E-state index is -0.766. The van der Waals surface area contributed by atoms with Crippen LogP contribution >= 0.6 is 0 Å². The predicted molar refractivity (Wildman–Crippen MR) is 82.0 cm³/mol. The van der Waals surface area contributed by atoms with E-state index < -0.39 is 5.54 Å². The lowest BCUT2D eigenvalue weighted by Gasteiger charge is -2.39. The Morgan fingerprint density at radius 2 is 2.24 bits per heavy atom. The van der Waals surface area contributed by atoms with E-state index >= 15 is 0 Å². The summed E-state index contributed by atoms with van der Waals surface area (Å²) in [5.74, 6) is 0.0253. The Bertz CT molecular complexity index is 373. The first kappa shape index (κ1) is 16.7. The average molecular weight is 298 g/mol. The molecule has 5 heteroatoms. The van der Waals surface area contributed by atoms with Gasteiger partial charge in [0.15, 0.2) is 0 Å². The highest BCUT2D eigenvalue weighted by Crippen LogP contribution is 2.37. The summed E-state index contributed by atoms with van der Waals surface area (Å²) >= 11 is 0. The second kappa shape index (κ2) is 6.63. The molecule has 2 atom stereocenters. The number of carbonyl (C=O) groups is 1. The molecule has 2 aliphatic rings. The lowest BCUT2D eigenvalue weighted by Crippen LogP contribution is -2.53. The van der Waals surface area contributed by atoms with Crippen LogP contribution in [0.4, 0.5) is 0 Å². The number of rotatable bonds is 5. The molecule has 0 spiro atoms. The first-order chi connectivity index (χ1) is 9.87. The molecule has 2 unspecified atom stereocenters. The van der Waals surface area contributed by atoms with E-state index in [4.69, 9.17) is 15.2 Å². The molecule has 1 saturated carbocycles. The van der Waals surface area contributed by atoms with Crippen LogP contribution in [0.2, 0.25) is 0 Å². The highest BCUT2D eigenvalue weighted by Gasteiger charge is 2.46. The molecule has 1 aliphatic heterocycles. The van der Waals surface area contributed by atoms with Gasteiger partial charge in [0.1, 0.15) is 5.54 Å². The Hall–Kier alpha value is -0.650. The standard InChI is InChI=1S/C16H30N2O3/c1-4-20-14(19)16(17)8-5-6-13(16)7-9-18-10-11-21-15(2,3)12-18/h13H,4-12,17H2,1-3H3. The normalized spacial score (nSPS) is 33.0. The Morgan fingerprint density at radius 1 is 1.48 bits per heavy atom. The molecule has 0 aromatic heterocycles. The van der Waals surface area contributed by atoms with Crippen LogP contribution in [0.15, 0.2) is 0 Å². The molecule has 0 aromatic carbocycles. The molecule has 0 amide bonds. The molecule has 1 aliphatic carbocycles. The van der Waals surface area contributed by atoms with Crippen LogP contribution in [0.5, 0.6) is 0 Å². The van der Waals surface area contributed by atoms with Crippen molar-refractivity contribution in [2.75, 3.05) is 32.8 Å². The Morgan fingerprint density at radius 3 is 2.90 bits per heavy atom. The first-order valence-electron chi connectivity index (χ1n) is 8.20. The van der Waals surface area contributed by atoms with Gasteiger partial charge < -0.3 is 15.2 Å². The van der Waals surface area contributed by atoms with Gasteiger partial charge in [0, 0.05) is 13.1 Å².